The first kappa shape index (κ1) is 11.2. The van der Waals surface area contributed by atoms with E-state index in [1.54, 1.807) is 6.08 Å². The van der Waals surface area contributed by atoms with Gasteiger partial charge in [0.15, 0.2) is 0 Å². The smallest absolute Gasteiger partial charge is 0.134 e. The summed E-state index contributed by atoms with van der Waals surface area (Å²) < 4.78 is 4.53. The molecule has 0 radical (unpaired) electrons. The Hall–Kier alpha value is -0.760. The van der Waals surface area contributed by atoms with Crippen molar-refractivity contribution in [1.29, 1.82) is 0 Å². The summed E-state index contributed by atoms with van der Waals surface area (Å²) in [6.45, 7) is 3.82. The number of halogens is 1. The van der Waals surface area contributed by atoms with E-state index in [1.165, 1.54) is 0 Å². The molecule has 0 spiro atoms. The average Bonchev–Trinajstić information content (AvgIpc) is 2.07. The fourth-order valence-corrected chi connectivity index (χ4v) is 0.793. The lowest BCUT2D eigenvalue weighted by molar-refractivity contribution is -0.107. The molecule has 0 fully saturated rings. The highest BCUT2D eigenvalue weighted by molar-refractivity contribution is 6.08. The fraction of sp³-hybridized carbons (Fsp3) is 0.444. The van der Waals surface area contributed by atoms with Crippen molar-refractivity contribution >= 4 is 18.2 Å². The van der Waals surface area contributed by atoms with Gasteiger partial charge in [0.05, 0.1) is 0 Å². The molecule has 0 aliphatic rings. The highest BCUT2D eigenvalue weighted by Gasteiger charge is 1.90. The average molecular weight is 189 g/mol. The Bertz CT molecular complexity index is 189. The topological polar surface area (TPSA) is 26.3 Å². The predicted molar refractivity (Wildman–Crippen MR) is 49.8 cm³/mol. The van der Waals surface area contributed by atoms with Gasteiger partial charge in [-0.1, -0.05) is 18.6 Å². The minimum absolute atomic E-state index is 0.454. The van der Waals surface area contributed by atoms with Crippen LogP contribution in [0.3, 0.4) is 0 Å². The Morgan fingerprint density at radius 2 is 2.17 bits per heavy atom. The van der Waals surface area contributed by atoms with E-state index in [0.29, 0.717) is 12.2 Å². The number of aldehydes is 1. The van der Waals surface area contributed by atoms with Crippen LogP contribution in [0.4, 0.5) is 0 Å². The van der Waals surface area contributed by atoms with Crippen molar-refractivity contribution in [2.45, 2.75) is 26.7 Å². The number of rotatable bonds is 5. The van der Waals surface area contributed by atoms with Gasteiger partial charge < -0.3 is 9.08 Å². The molecule has 0 heterocycles. The van der Waals surface area contributed by atoms with Crippen molar-refractivity contribution in [2.24, 2.45) is 0 Å². The van der Waals surface area contributed by atoms with E-state index in [0.717, 1.165) is 18.3 Å². The number of hydrogen-bond acceptors (Lipinski definition) is 2. The first-order valence-electron chi connectivity index (χ1n) is 3.83. The summed E-state index contributed by atoms with van der Waals surface area (Å²) in [7, 11) is 0. The molecule has 2 nitrogen and oxygen atoms in total. The van der Waals surface area contributed by atoms with Gasteiger partial charge in [-0.05, 0) is 13.0 Å². The van der Waals surface area contributed by atoms with Crippen LogP contribution in [0.15, 0.2) is 23.5 Å². The fourth-order valence-electron chi connectivity index (χ4n) is 0.633. The van der Waals surface area contributed by atoms with Crippen molar-refractivity contribution in [3.8, 4) is 0 Å². The second-order valence-corrected chi connectivity index (χ2v) is 2.60. The quantitative estimate of drug-likeness (QED) is 0.377. The van der Waals surface area contributed by atoms with E-state index >= 15 is 0 Å². The van der Waals surface area contributed by atoms with Crippen LogP contribution in [0.5, 0.6) is 0 Å². The summed E-state index contributed by atoms with van der Waals surface area (Å²) in [4.78, 5) is 10.1. The Balaban J connectivity index is 4.13. The molecule has 0 saturated carbocycles. The molecule has 0 aromatic carbocycles. The third-order valence-electron chi connectivity index (χ3n) is 1.41. The first-order valence-corrected chi connectivity index (χ1v) is 4.14. The highest BCUT2D eigenvalue weighted by Crippen LogP contribution is 2.07. The summed E-state index contributed by atoms with van der Waals surface area (Å²) in [5.74, 6) is 0.696. The molecule has 0 bridgehead atoms. The summed E-state index contributed by atoms with van der Waals surface area (Å²) in [6, 6.07) is 0. The standard InChI is InChI=1S/C9H13ClO2/c1-3-9(12-10)5-4-8(2)6-7-11/h4-5,7H,3,6H2,1-2H3/b8-4+,9-5+. The predicted octanol–water partition coefficient (Wildman–Crippen LogP) is 2.99. The minimum atomic E-state index is 0.454. The minimum Gasteiger partial charge on any atom is -0.390 e. The van der Waals surface area contributed by atoms with E-state index in [9.17, 15) is 4.79 Å². The molecule has 0 amide bonds. The lowest BCUT2D eigenvalue weighted by atomic mass is 10.2. The van der Waals surface area contributed by atoms with Crippen molar-refractivity contribution in [1.82, 2.24) is 0 Å². The Morgan fingerprint density at radius 1 is 1.50 bits per heavy atom. The van der Waals surface area contributed by atoms with Gasteiger partial charge >= 0.3 is 0 Å². The third-order valence-corrected chi connectivity index (χ3v) is 1.60. The van der Waals surface area contributed by atoms with Crippen molar-refractivity contribution in [2.75, 3.05) is 0 Å². The van der Waals surface area contributed by atoms with E-state index < -0.39 is 0 Å². The normalized spacial score (nSPS) is 12.9. The van der Waals surface area contributed by atoms with Crippen LogP contribution in [-0.4, -0.2) is 6.29 Å². The molecule has 0 atom stereocenters. The van der Waals surface area contributed by atoms with Gasteiger partial charge in [-0.2, -0.15) is 0 Å². The van der Waals surface area contributed by atoms with E-state index in [2.05, 4.69) is 4.29 Å². The number of carbonyl (C=O) groups excluding carboxylic acids is 1. The third kappa shape index (κ3) is 4.97. The monoisotopic (exact) mass is 188 g/mol. The van der Waals surface area contributed by atoms with Gasteiger partial charge in [-0.25, -0.2) is 0 Å². The number of allylic oxidation sites excluding steroid dienone is 4. The van der Waals surface area contributed by atoms with Crippen molar-refractivity contribution < 1.29 is 9.08 Å². The molecular weight excluding hydrogens is 176 g/mol. The van der Waals surface area contributed by atoms with Crippen molar-refractivity contribution in [3.05, 3.63) is 23.5 Å². The SMILES string of the molecule is CC/C(=C\C=C(/C)CC=O)OCl. The lowest BCUT2D eigenvalue weighted by Crippen LogP contribution is -1.80. The van der Waals surface area contributed by atoms with Crippen LogP contribution in [0, 0.1) is 0 Å². The van der Waals surface area contributed by atoms with Gasteiger partial charge in [0, 0.05) is 12.8 Å². The summed E-state index contributed by atoms with van der Waals surface area (Å²) in [5, 5.41) is 0. The maximum Gasteiger partial charge on any atom is 0.134 e. The maximum atomic E-state index is 10.1. The van der Waals surface area contributed by atoms with Crippen LogP contribution >= 0.6 is 11.9 Å². The second-order valence-electron chi connectivity index (χ2n) is 2.45. The van der Waals surface area contributed by atoms with Gasteiger partial charge in [0.2, 0.25) is 0 Å². The van der Waals surface area contributed by atoms with Crippen LogP contribution in [0.1, 0.15) is 26.7 Å². The van der Waals surface area contributed by atoms with Gasteiger partial charge in [-0.15, -0.1) is 0 Å². The maximum absolute atomic E-state index is 10.1. The Labute approximate surface area is 78.0 Å². The first-order chi connectivity index (χ1) is 5.74. The molecule has 0 aliphatic carbocycles. The van der Waals surface area contributed by atoms with Gasteiger partial charge in [0.1, 0.15) is 23.9 Å². The molecule has 0 aliphatic heterocycles. The second kappa shape index (κ2) is 6.92. The lowest BCUT2D eigenvalue weighted by Gasteiger charge is -1.96. The van der Waals surface area contributed by atoms with Gasteiger partial charge in [0.25, 0.3) is 0 Å². The Kier molecular flexibility index (Phi) is 6.48. The summed E-state index contributed by atoms with van der Waals surface area (Å²) in [5.41, 5.74) is 0.990. The molecule has 0 saturated heterocycles. The molecule has 0 aromatic heterocycles. The van der Waals surface area contributed by atoms with E-state index in [-0.39, 0.29) is 0 Å². The molecule has 0 unspecified atom stereocenters. The van der Waals surface area contributed by atoms with Crippen LogP contribution < -0.4 is 0 Å². The molecule has 68 valence electrons. The highest BCUT2D eigenvalue weighted by atomic mass is 35.5. The molecule has 12 heavy (non-hydrogen) atoms. The zero-order valence-corrected chi connectivity index (χ0v) is 8.10. The van der Waals surface area contributed by atoms with E-state index in [4.69, 9.17) is 11.9 Å². The molecule has 3 heteroatoms. The summed E-state index contributed by atoms with van der Waals surface area (Å²) in [6.07, 6.45) is 5.67. The zero-order valence-electron chi connectivity index (χ0n) is 7.34. The van der Waals surface area contributed by atoms with E-state index in [1.807, 2.05) is 19.9 Å². The van der Waals surface area contributed by atoms with Crippen LogP contribution in [0.25, 0.3) is 0 Å². The number of carbonyl (C=O) groups is 1. The van der Waals surface area contributed by atoms with Crippen molar-refractivity contribution in [3.63, 3.8) is 0 Å². The molecule has 0 N–H and O–H groups in total. The number of hydrogen-bond donors (Lipinski definition) is 0. The zero-order chi connectivity index (χ0) is 9.40. The Morgan fingerprint density at radius 3 is 2.58 bits per heavy atom. The van der Waals surface area contributed by atoms with Crippen LogP contribution in [0.2, 0.25) is 0 Å². The van der Waals surface area contributed by atoms with Gasteiger partial charge in [-0.3, -0.25) is 0 Å². The summed E-state index contributed by atoms with van der Waals surface area (Å²) >= 11 is 5.16. The van der Waals surface area contributed by atoms with Crippen LogP contribution in [-0.2, 0) is 9.08 Å². The molecule has 0 aromatic rings. The largest absolute Gasteiger partial charge is 0.390 e. The molecule has 0 rings (SSSR count). The molecular formula is C9H13ClO2.